The number of thiazole rings is 1. The van der Waals surface area contributed by atoms with Crippen LogP contribution < -0.4 is 25.4 Å². The lowest BCUT2D eigenvalue weighted by Crippen LogP contribution is -2.40. The summed E-state index contributed by atoms with van der Waals surface area (Å²) in [6.45, 7) is 6.31. The maximum absolute atomic E-state index is 13.5. The molecule has 1 aromatic heterocycles. The number of nitrogens with zero attached hydrogens (tertiary/aromatic N) is 3. The average molecular weight is 619 g/mol. The van der Waals surface area contributed by atoms with E-state index in [2.05, 4.69) is 15.0 Å². The largest absolute Gasteiger partial charge is 0.446 e. The average Bonchev–Trinajstić information content (AvgIpc) is 3.38. The van der Waals surface area contributed by atoms with Gasteiger partial charge in [0, 0.05) is 61.1 Å². The van der Waals surface area contributed by atoms with E-state index in [1.807, 2.05) is 4.90 Å². The molecule has 0 radical (unpaired) electrons. The first kappa shape index (κ1) is 30.7. The number of piperidine rings is 1. The van der Waals surface area contributed by atoms with Gasteiger partial charge in [-0.2, -0.15) is 0 Å². The molecule has 3 aromatic rings. The molecule has 0 aliphatic carbocycles. The number of sulfonamides is 1. The van der Waals surface area contributed by atoms with Gasteiger partial charge in [-0.15, -0.1) is 0 Å². The maximum atomic E-state index is 13.5. The lowest BCUT2D eigenvalue weighted by molar-refractivity contribution is -0.384. The minimum absolute atomic E-state index is 0.0689. The predicted molar refractivity (Wildman–Crippen MR) is 156 cm³/mol. The Morgan fingerprint density at radius 2 is 1.81 bits per heavy atom. The van der Waals surface area contributed by atoms with Gasteiger partial charge in [-0.1, -0.05) is 17.4 Å². The molecular formula is C26H30N6O8S2. The molecule has 2 aromatic carbocycles. The van der Waals surface area contributed by atoms with Crippen molar-refractivity contribution in [3.8, 4) is 16.2 Å². The number of primary amides is 1. The van der Waals surface area contributed by atoms with E-state index in [4.69, 9.17) is 15.2 Å². The molecule has 0 atom stereocenters. The van der Waals surface area contributed by atoms with Gasteiger partial charge in [0.25, 0.3) is 5.69 Å². The summed E-state index contributed by atoms with van der Waals surface area (Å²) >= 11 is 1.31. The van der Waals surface area contributed by atoms with Gasteiger partial charge >= 0.3 is 12.2 Å². The fraction of sp³-hybridized carbons (Fsp3) is 0.346. The minimum atomic E-state index is -4.06. The van der Waals surface area contributed by atoms with Crippen LogP contribution in [0, 0.1) is 10.1 Å². The third-order valence-electron chi connectivity index (χ3n) is 5.97. The lowest BCUT2D eigenvalue weighted by Gasteiger charge is -2.30. The Kier molecular flexibility index (Phi) is 8.98. The Balaban J connectivity index is 1.57. The van der Waals surface area contributed by atoms with Crippen molar-refractivity contribution in [3.63, 3.8) is 0 Å². The first-order valence-corrected chi connectivity index (χ1v) is 15.1. The third kappa shape index (κ3) is 7.92. The van der Waals surface area contributed by atoms with Crippen LogP contribution in [0.3, 0.4) is 0 Å². The highest BCUT2D eigenvalue weighted by Crippen LogP contribution is 2.37. The molecule has 1 saturated heterocycles. The van der Waals surface area contributed by atoms with Gasteiger partial charge in [0.05, 0.1) is 14.7 Å². The third-order valence-corrected chi connectivity index (χ3v) is 8.86. The summed E-state index contributed by atoms with van der Waals surface area (Å²) < 4.78 is 39.9. The van der Waals surface area contributed by atoms with Gasteiger partial charge in [0.15, 0.2) is 5.13 Å². The van der Waals surface area contributed by atoms with E-state index in [0.29, 0.717) is 41.5 Å². The molecule has 1 aliphatic rings. The number of aromatic nitrogens is 1. The van der Waals surface area contributed by atoms with Crippen molar-refractivity contribution in [2.45, 2.75) is 50.2 Å². The van der Waals surface area contributed by atoms with Gasteiger partial charge in [0.2, 0.25) is 10.0 Å². The number of rotatable bonds is 8. The number of carbonyl (C=O) groups is 2. The van der Waals surface area contributed by atoms with E-state index in [1.54, 1.807) is 33.0 Å². The molecule has 4 rings (SSSR count). The molecule has 2 amide bonds. The number of ether oxygens (including phenoxy) is 2. The molecule has 0 bridgehead atoms. The van der Waals surface area contributed by atoms with Crippen LogP contribution in [0.5, 0.6) is 5.75 Å². The first-order valence-electron chi connectivity index (χ1n) is 12.8. The second-order valence-electron chi connectivity index (χ2n) is 10.5. The van der Waals surface area contributed by atoms with Crippen LogP contribution in [0.2, 0.25) is 0 Å². The normalized spacial score (nSPS) is 14.3. The second kappa shape index (κ2) is 12.3. The molecule has 2 heterocycles. The number of non-ortho nitro benzene ring substituents is 1. The SMILES string of the molecule is CC(C)(C)NS(=O)(=O)c1cc(NC(=O)Oc2ccc([N+](=O)[O-])cc2)ccc1-c1cnc(N2CCC(OC(N)=O)CC2)s1. The molecule has 16 heteroatoms. The van der Waals surface area contributed by atoms with Crippen LogP contribution in [0.1, 0.15) is 33.6 Å². The zero-order valence-electron chi connectivity index (χ0n) is 23.0. The summed E-state index contributed by atoms with van der Waals surface area (Å²) in [5.74, 6) is 0.0689. The standard InChI is InChI=1S/C26H30N6O8S2/c1-26(2,3)30-42(37,38)22-14-16(29-25(34)40-18-7-5-17(6-8-18)32(35)36)4-9-20(22)21-15-28-24(41-21)31-12-10-19(11-13-31)39-23(27)33/h4-9,14-15,19,30H,10-13H2,1-3H3,(H2,27,33)(H,29,34). The summed E-state index contributed by atoms with van der Waals surface area (Å²) in [7, 11) is -4.06. The predicted octanol–water partition coefficient (Wildman–Crippen LogP) is 4.47. The number of nitrogens with one attached hydrogen (secondary N) is 2. The molecule has 1 fully saturated rings. The smallest absolute Gasteiger partial charge is 0.417 e. The molecule has 14 nitrogen and oxygen atoms in total. The Labute approximate surface area is 246 Å². The summed E-state index contributed by atoms with van der Waals surface area (Å²) in [5.41, 5.74) is 4.71. The molecule has 42 heavy (non-hydrogen) atoms. The minimum Gasteiger partial charge on any atom is -0.446 e. The van der Waals surface area contributed by atoms with E-state index < -0.39 is 32.7 Å². The van der Waals surface area contributed by atoms with E-state index in [0.717, 1.165) is 0 Å². The van der Waals surface area contributed by atoms with Gasteiger partial charge < -0.3 is 20.1 Å². The highest BCUT2D eigenvalue weighted by Gasteiger charge is 2.28. The van der Waals surface area contributed by atoms with E-state index in [9.17, 15) is 28.1 Å². The summed E-state index contributed by atoms with van der Waals surface area (Å²) in [4.78, 5) is 40.9. The van der Waals surface area contributed by atoms with Crippen LogP contribution >= 0.6 is 11.3 Å². The van der Waals surface area contributed by atoms with Gasteiger partial charge in [0.1, 0.15) is 11.9 Å². The van der Waals surface area contributed by atoms with Crippen molar-refractivity contribution in [2.75, 3.05) is 23.3 Å². The highest BCUT2D eigenvalue weighted by molar-refractivity contribution is 7.89. The van der Waals surface area contributed by atoms with Crippen molar-refractivity contribution in [1.82, 2.24) is 9.71 Å². The molecule has 224 valence electrons. The quantitative estimate of drug-likeness (QED) is 0.239. The number of nitro groups is 1. The summed E-state index contributed by atoms with van der Waals surface area (Å²) in [6.07, 6.45) is 0.790. The first-order chi connectivity index (χ1) is 19.7. The van der Waals surface area contributed by atoms with Crippen molar-refractivity contribution in [2.24, 2.45) is 5.73 Å². The number of hydrogen-bond donors (Lipinski definition) is 3. The summed E-state index contributed by atoms with van der Waals surface area (Å²) in [6, 6.07) is 9.38. The van der Waals surface area contributed by atoms with Gasteiger partial charge in [-0.3, -0.25) is 15.4 Å². The molecule has 4 N–H and O–H groups in total. The van der Waals surface area contributed by atoms with Gasteiger partial charge in [-0.05, 0) is 45.0 Å². The number of nitro benzene ring substituents is 1. The number of benzene rings is 2. The molecular weight excluding hydrogens is 588 g/mol. The van der Waals surface area contributed by atoms with Crippen molar-refractivity contribution >= 4 is 50.1 Å². The number of anilines is 2. The molecule has 1 aliphatic heterocycles. The molecule has 0 unspecified atom stereocenters. The summed E-state index contributed by atoms with van der Waals surface area (Å²) in [5, 5.41) is 14.0. The Morgan fingerprint density at radius 1 is 1.14 bits per heavy atom. The number of carbonyl (C=O) groups excluding carboxylic acids is 2. The number of nitrogens with two attached hydrogens (primary N) is 1. The van der Waals surface area contributed by atoms with Crippen molar-refractivity contribution in [3.05, 3.63) is 58.8 Å². The van der Waals surface area contributed by atoms with Crippen LogP contribution in [-0.2, 0) is 14.8 Å². The zero-order valence-corrected chi connectivity index (χ0v) is 24.7. The van der Waals surface area contributed by atoms with Crippen LogP contribution in [0.4, 0.5) is 26.1 Å². The number of hydrogen-bond acceptors (Lipinski definition) is 11. The zero-order chi connectivity index (χ0) is 30.7. The second-order valence-corrected chi connectivity index (χ2v) is 13.1. The van der Waals surface area contributed by atoms with Crippen molar-refractivity contribution in [1.29, 1.82) is 0 Å². The topological polar surface area (TPSA) is 196 Å². The maximum Gasteiger partial charge on any atom is 0.417 e. The molecule has 0 saturated carbocycles. The van der Waals surface area contributed by atoms with Crippen LogP contribution in [0.25, 0.3) is 10.4 Å². The fourth-order valence-electron chi connectivity index (χ4n) is 4.24. The van der Waals surface area contributed by atoms with E-state index in [-0.39, 0.29) is 28.1 Å². The number of amides is 2. The van der Waals surface area contributed by atoms with Crippen LogP contribution in [0.15, 0.2) is 53.6 Å². The van der Waals surface area contributed by atoms with E-state index in [1.165, 1.54) is 47.7 Å². The molecule has 0 spiro atoms. The Morgan fingerprint density at radius 3 is 2.40 bits per heavy atom. The highest BCUT2D eigenvalue weighted by atomic mass is 32.2. The lowest BCUT2D eigenvalue weighted by atomic mass is 10.1. The van der Waals surface area contributed by atoms with E-state index >= 15 is 0 Å². The van der Waals surface area contributed by atoms with Crippen molar-refractivity contribution < 1.29 is 32.4 Å². The Bertz CT molecular complexity index is 1580. The fourth-order valence-corrected chi connectivity index (χ4v) is 6.97. The van der Waals surface area contributed by atoms with Crippen LogP contribution in [-0.4, -0.2) is 55.2 Å². The van der Waals surface area contributed by atoms with Gasteiger partial charge in [-0.25, -0.2) is 27.7 Å². The monoisotopic (exact) mass is 618 g/mol. The Hall–Kier alpha value is -4.28.